The highest BCUT2D eigenvalue weighted by atomic mass is 79.9. The minimum absolute atomic E-state index is 0.138. The van der Waals surface area contributed by atoms with Crippen LogP contribution in [-0.2, 0) is 0 Å². The number of carbonyl (C=O) groups is 1. The number of rotatable bonds is 3. The van der Waals surface area contributed by atoms with Gasteiger partial charge in [0.2, 0.25) is 0 Å². The molecular weight excluding hydrogens is 321 g/mol. The van der Waals surface area contributed by atoms with Crippen molar-refractivity contribution < 1.29 is 9.18 Å². The summed E-state index contributed by atoms with van der Waals surface area (Å²) in [6, 6.07) is 11.5. The largest absolute Gasteiger partial charge is 0.346 e. The molecule has 1 atom stereocenters. The van der Waals surface area contributed by atoms with Gasteiger partial charge in [0.05, 0.1) is 6.04 Å². The van der Waals surface area contributed by atoms with Crippen LogP contribution in [0.25, 0.3) is 0 Å². The maximum atomic E-state index is 12.9. The lowest BCUT2D eigenvalue weighted by Crippen LogP contribution is -2.27. The van der Waals surface area contributed by atoms with Crippen LogP contribution in [0.1, 0.15) is 34.5 Å². The van der Waals surface area contributed by atoms with E-state index in [4.69, 9.17) is 0 Å². The van der Waals surface area contributed by atoms with Gasteiger partial charge in [-0.2, -0.15) is 0 Å². The van der Waals surface area contributed by atoms with E-state index in [-0.39, 0.29) is 17.8 Å². The van der Waals surface area contributed by atoms with E-state index in [1.807, 2.05) is 26.0 Å². The smallest absolute Gasteiger partial charge is 0.252 e. The van der Waals surface area contributed by atoms with Gasteiger partial charge >= 0.3 is 0 Å². The Morgan fingerprint density at radius 2 is 1.85 bits per heavy atom. The molecule has 2 rings (SSSR count). The molecule has 20 heavy (non-hydrogen) atoms. The van der Waals surface area contributed by atoms with Crippen LogP contribution in [0.2, 0.25) is 0 Å². The van der Waals surface area contributed by atoms with Crippen LogP contribution in [0.3, 0.4) is 0 Å². The molecule has 0 heterocycles. The van der Waals surface area contributed by atoms with Gasteiger partial charge in [-0.3, -0.25) is 4.79 Å². The van der Waals surface area contributed by atoms with E-state index in [9.17, 15) is 9.18 Å². The molecule has 2 aromatic carbocycles. The Hall–Kier alpha value is -1.68. The first kappa shape index (κ1) is 14.7. The van der Waals surface area contributed by atoms with Crippen LogP contribution in [-0.4, -0.2) is 5.91 Å². The Balaban J connectivity index is 2.15. The molecule has 0 aromatic heterocycles. The summed E-state index contributed by atoms with van der Waals surface area (Å²) in [5.74, 6) is -0.421. The van der Waals surface area contributed by atoms with Crippen molar-refractivity contribution in [3.8, 4) is 0 Å². The molecule has 0 spiro atoms. The molecular formula is C16H15BrFNO. The van der Waals surface area contributed by atoms with Gasteiger partial charge in [-0.1, -0.05) is 34.1 Å². The Bertz CT molecular complexity index is 625. The quantitative estimate of drug-likeness (QED) is 0.885. The summed E-state index contributed by atoms with van der Waals surface area (Å²) in [7, 11) is 0. The summed E-state index contributed by atoms with van der Waals surface area (Å²) in [6.07, 6.45) is 0. The van der Waals surface area contributed by atoms with Gasteiger partial charge in [0, 0.05) is 10.0 Å². The molecule has 2 nitrogen and oxygen atoms in total. The van der Waals surface area contributed by atoms with Crippen molar-refractivity contribution in [1.29, 1.82) is 0 Å². The van der Waals surface area contributed by atoms with E-state index < -0.39 is 0 Å². The van der Waals surface area contributed by atoms with Gasteiger partial charge in [-0.25, -0.2) is 4.39 Å². The predicted octanol–water partition coefficient (Wildman–Crippen LogP) is 4.39. The molecule has 4 heteroatoms. The van der Waals surface area contributed by atoms with Gasteiger partial charge in [-0.15, -0.1) is 0 Å². The van der Waals surface area contributed by atoms with Crippen molar-refractivity contribution in [2.45, 2.75) is 19.9 Å². The highest BCUT2D eigenvalue weighted by Gasteiger charge is 2.14. The second kappa shape index (κ2) is 6.18. The third-order valence-electron chi connectivity index (χ3n) is 3.23. The average molecular weight is 336 g/mol. The summed E-state index contributed by atoms with van der Waals surface area (Å²) < 4.78 is 13.8. The van der Waals surface area contributed by atoms with Gasteiger partial charge in [-0.05, 0) is 49.2 Å². The zero-order valence-corrected chi connectivity index (χ0v) is 12.9. The lowest BCUT2D eigenvalue weighted by molar-refractivity contribution is 0.0939. The van der Waals surface area contributed by atoms with E-state index in [1.54, 1.807) is 18.2 Å². The molecule has 0 aliphatic carbocycles. The summed E-state index contributed by atoms with van der Waals surface area (Å²) in [6.45, 7) is 3.76. The van der Waals surface area contributed by atoms with E-state index in [0.29, 0.717) is 5.56 Å². The van der Waals surface area contributed by atoms with Gasteiger partial charge in [0.1, 0.15) is 5.82 Å². The molecule has 0 bridgehead atoms. The molecule has 0 saturated carbocycles. The van der Waals surface area contributed by atoms with E-state index in [1.165, 1.54) is 12.1 Å². The standard InChI is InChI=1S/C16H15BrFNO/c1-10-14(4-3-5-15(10)17)16(20)19-11(2)12-6-8-13(18)9-7-12/h3-9,11H,1-2H3,(H,19,20). The zero-order valence-electron chi connectivity index (χ0n) is 11.3. The van der Waals surface area contributed by atoms with Gasteiger partial charge < -0.3 is 5.32 Å². The maximum absolute atomic E-state index is 12.9. The number of halogens is 2. The number of hydrogen-bond donors (Lipinski definition) is 1. The molecule has 1 N–H and O–H groups in total. The number of benzene rings is 2. The van der Waals surface area contributed by atoms with E-state index >= 15 is 0 Å². The highest BCUT2D eigenvalue weighted by molar-refractivity contribution is 9.10. The molecule has 2 aromatic rings. The van der Waals surface area contributed by atoms with Gasteiger partial charge in [0.25, 0.3) is 5.91 Å². The number of nitrogens with one attached hydrogen (secondary N) is 1. The minimum Gasteiger partial charge on any atom is -0.346 e. The third-order valence-corrected chi connectivity index (χ3v) is 4.09. The fourth-order valence-electron chi connectivity index (χ4n) is 1.96. The average Bonchev–Trinajstić information content (AvgIpc) is 2.42. The predicted molar refractivity (Wildman–Crippen MR) is 81.2 cm³/mol. The summed E-state index contributed by atoms with van der Waals surface area (Å²) in [5.41, 5.74) is 2.40. The van der Waals surface area contributed by atoms with Crippen LogP contribution in [0.5, 0.6) is 0 Å². The lowest BCUT2D eigenvalue weighted by Gasteiger charge is -2.15. The minimum atomic E-state index is -0.282. The fraction of sp³-hybridized carbons (Fsp3) is 0.188. The van der Waals surface area contributed by atoms with E-state index in [2.05, 4.69) is 21.2 Å². The van der Waals surface area contributed by atoms with Crippen molar-refractivity contribution in [2.75, 3.05) is 0 Å². The summed E-state index contributed by atoms with van der Waals surface area (Å²) in [4.78, 5) is 12.3. The first-order chi connectivity index (χ1) is 9.49. The topological polar surface area (TPSA) is 29.1 Å². The molecule has 1 unspecified atom stereocenters. The van der Waals surface area contributed by atoms with Crippen molar-refractivity contribution in [3.05, 3.63) is 69.4 Å². The summed E-state index contributed by atoms with van der Waals surface area (Å²) in [5, 5.41) is 2.92. The number of amides is 1. The monoisotopic (exact) mass is 335 g/mol. The molecule has 104 valence electrons. The zero-order chi connectivity index (χ0) is 14.7. The SMILES string of the molecule is Cc1c(Br)cccc1C(=O)NC(C)c1ccc(F)cc1. The van der Waals surface area contributed by atoms with Crippen LogP contribution in [0.4, 0.5) is 4.39 Å². The molecule has 0 saturated heterocycles. The van der Waals surface area contributed by atoms with Crippen LogP contribution in [0.15, 0.2) is 46.9 Å². The normalized spacial score (nSPS) is 12.0. The van der Waals surface area contributed by atoms with E-state index in [0.717, 1.165) is 15.6 Å². The molecule has 0 aliphatic heterocycles. The number of hydrogen-bond acceptors (Lipinski definition) is 1. The Labute approximate surface area is 126 Å². The second-order valence-corrected chi connectivity index (χ2v) is 5.51. The van der Waals surface area contributed by atoms with Crippen molar-refractivity contribution in [1.82, 2.24) is 5.32 Å². The molecule has 0 radical (unpaired) electrons. The fourth-order valence-corrected chi connectivity index (χ4v) is 2.33. The molecule has 0 aliphatic rings. The van der Waals surface area contributed by atoms with Crippen LogP contribution < -0.4 is 5.32 Å². The Kier molecular flexibility index (Phi) is 4.55. The second-order valence-electron chi connectivity index (χ2n) is 4.66. The Morgan fingerprint density at radius 3 is 2.50 bits per heavy atom. The van der Waals surface area contributed by atoms with Crippen molar-refractivity contribution in [2.24, 2.45) is 0 Å². The first-order valence-electron chi connectivity index (χ1n) is 6.30. The van der Waals surface area contributed by atoms with Crippen molar-refractivity contribution in [3.63, 3.8) is 0 Å². The third kappa shape index (κ3) is 3.25. The van der Waals surface area contributed by atoms with Crippen LogP contribution in [0, 0.1) is 12.7 Å². The van der Waals surface area contributed by atoms with Crippen LogP contribution >= 0.6 is 15.9 Å². The Morgan fingerprint density at radius 1 is 1.20 bits per heavy atom. The molecule has 0 fully saturated rings. The maximum Gasteiger partial charge on any atom is 0.252 e. The first-order valence-corrected chi connectivity index (χ1v) is 7.10. The lowest BCUT2D eigenvalue weighted by atomic mass is 10.1. The number of carbonyl (C=O) groups excluding carboxylic acids is 1. The summed E-state index contributed by atoms with van der Waals surface area (Å²) >= 11 is 3.41. The highest BCUT2D eigenvalue weighted by Crippen LogP contribution is 2.20. The van der Waals surface area contributed by atoms with Gasteiger partial charge in [0.15, 0.2) is 0 Å². The molecule has 1 amide bonds. The van der Waals surface area contributed by atoms with Crippen molar-refractivity contribution >= 4 is 21.8 Å².